The molecule has 0 saturated heterocycles. The first-order valence-electron chi connectivity index (χ1n) is 33.3. The Balaban J connectivity index is 5.20. The summed E-state index contributed by atoms with van der Waals surface area (Å²) < 4.78 is 30.8. The molecule has 0 aliphatic rings. The Morgan fingerprint density at radius 1 is 0.443 bits per heavy atom. The summed E-state index contributed by atoms with van der Waals surface area (Å²) >= 11 is 0. The third kappa shape index (κ3) is 59.9. The van der Waals surface area contributed by atoms with Crippen molar-refractivity contribution in [3.05, 3.63) is 72.9 Å². The number of allylic oxidation sites excluding steroid dienone is 11. The fourth-order valence-corrected chi connectivity index (χ4v) is 10.2. The Bertz CT molecular complexity index is 1580. The summed E-state index contributed by atoms with van der Waals surface area (Å²) in [7, 11) is 1.48. The molecule has 3 atom stereocenters. The maximum atomic E-state index is 13.6. The average Bonchev–Trinajstić information content (AvgIpc) is 3.41. The molecule has 1 amide bonds. The molecule has 0 aliphatic carbocycles. The third-order valence-electron chi connectivity index (χ3n) is 14.6. The predicted molar refractivity (Wildman–Crippen MR) is 341 cm³/mol. The number of carbonyl (C=O) groups excluding carboxylic acids is 2. The molecule has 0 radical (unpaired) electrons. The highest BCUT2D eigenvalue weighted by atomic mass is 31.2. The summed E-state index contributed by atoms with van der Waals surface area (Å²) in [6.07, 6.45) is 76.1. The van der Waals surface area contributed by atoms with E-state index in [2.05, 4.69) is 86.8 Å². The van der Waals surface area contributed by atoms with Crippen molar-refractivity contribution in [2.45, 2.75) is 315 Å². The van der Waals surface area contributed by atoms with Crippen LogP contribution in [0.2, 0.25) is 0 Å². The van der Waals surface area contributed by atoms with Crippen LogP contribution in [0.15, 0.2) is 72.9 Å². The lowest BCUT2D eigenvalue weighted by atomic mass is 10.0. The van der Waals surface area contributed by atoms with E-state index < -0.39 is 20.0 Å². The van der Waals surface area contributed by atoms with Gasteiger partial charge in [-0.25, -0.2) is 4.57 Å². The topological polar surface area (TPSA) is 111 Å². The first kappa shape index (κ1) is 76.5. The minimum Gasteiger partial charge on any atom is -0.456 e. The van der Waals surface area contributed by atoms with E-state index in [-0.39, 0.29) is 31.5 Å². The maximum absolute atomic E-state index is 13.6. The van der Waals surface area contributed by atoms with Gasteiger partial charge < -0.3 is 19.4 Å². The zero-order valence-corrected chi connectivity index (χ0v) is 53.5. The van der Waals surface area contributed by atoms with Crippen LogP contribution in [0.25, 0.3) is 0 Å². The van der Waals surface area contributed by atoms with E-state index in [1.54, 1.807) is 0 Å². The fraction of sp³-hybridized carbons (Fsp3) is 0.797. The number of phosphoric acid groups is 1. The van der Waals surface area contributed by atoms with Crippen molar-refractivity contribution in [2.24, 2.45) is 0 Å². The van der Waals surface area contributed by atoms with Crippen molar-refractivity contribution in [1.29, 1.82) is 0 Å². The zero-order chi connectivity index (χ0) is 57.9. The van der Waals surface area contributed by atoms with Crippen molar-refractivity contribution >= 4 is 19.7 Å². The Labute approximate surface area is 489 Å². The summed E-state index contributed by atoms with van der Waals surface area (Å²) in [5.41, 5.74) is 0. The van der Waals surface area contributed by atoms with Gasteiger partial charge in [-0.1, -0.05) is 261 Å². The quantitative estimate of drug-likeness (QED) is 0.0205. The summed E-state index contributed by atoms with van der Waals surface area (Å²) in [6.45, 7) is 6.97. The standard InChI is InChI=1S/C69H127N2O7P/c1-7-10-13-16-19-22-25-28-30-32-33-34-35-36-37-39-40-43-46-49-52-55-58-61-68(72)70-66(65-77-79(74,75)76-64-63-71(4,5)6)67(60-57-54-51-48-45-42-27-24-21-18-15-12-9-3)78-69(73)62-59-56-53-50-47-44-41-38-31-29-26-23-20-17-14-11-8-2/h19-20,22-23,28-31,41,44,57,60,66-67H,7-18,21,24-27,32-40,42-43,45-56,58-59,61-65H2,1-6H3,(H-,70,72,74,75)/p+1/b22-19-,23-20-,30-28-,31-29-,44-41-,60-57-. The number of hydrogen-bond donors (Lipinski definition) is 2. The smallest absolute Gasteiger partial charge is 0.456 e. The van der Waals surface area contributed by atoms with Crippen molar-refractivity contribution < 1.29 is 37.3 Å². The molecule has 3 unspecified atom stereocenters. The highest BCUT2D eigenvalue weighted by Crippen LogP contribution is 2.43. The number of unbranched alkanes of at least 4 members (excludes halogenated alkanes) is 34. The minimum atomic E-state index is -4.46. The number of hydrogen-bond acceptors (Lipinski definition) is 6. The minimum absolute atomic E-state index is 0.0348. The summed E-state index contributed by atoms with van der Waals surface area (Å²) in [4.78, 5) is 37.8. The Morgan fingerprint density at radius 3 is 1.18 bits per heavy atom. The van der Waals surface area contributed by atoms with E-state index in [1.807, 2.05) is 33.3 Å². The first-order chi connectivity index (χ1) is 38.4. The zero-order valence-electron chi connectivity index (χ0n) is 52.6. The van der Waals surface area contributed by atoms with Crippen LogP contribution in [-0.4, -0.2) is 74.3 Å². The lowest BCUT2D eigenvalue weighted by molar-refractivity contribution is -0.870. The van der Waals surface area contributed by atoms with Crippen LogP contribution in [0.5, 0.6) is 0 Å². The molecule has 9 nitrogen and oxygen atoms in total. The van der Waals surface area contributed by atoms with E-state index >= 15 is 0 Å². The molecule has 0 bridgehead atoms. The van der Waals surface area contributed by atoms with Crippen LogP contribution < -0.4 is 5.32 Å². The monoisotopic (exact) mass is 1130 g/mol. The number of carbonyl (C=O) groups is 2. The van der Waals surface area contributed by atoms with Crippen molar-refractivity contribution in [1.82, 2.24) is 5.32 Å². The lowest BCUT2D eigenvalue weighted by Gasteiger charge is -2.27. The summed E-state index contributed by atoms with van der Waals surface area (Å²) in [6, 6.07) is -0.860. The Morgan fingerprint density at radius 2 is 0.772 bits per heavy atom. The first-order valence-corrected chi connectivity index (χ1v) is 34.8. The van der Waals surface area contributed by atoms with Crippen LogP contribution in [0.3, 0.4) is 0 Å². The summed E-state index contributed by atoms with van der Waals surface area (Å²) in [5, 5.41) is 3.06. The SMILES string of the molecule is CCCCC/C=C\C/C=C\C/C=C\CCCCCCC(=O)OC(/C=C\CCCCCCCCCCCCC)C(COP(=O)(O)OCC[N+](C)(C)C)NC(=O)CCCCCCCCCCCCCCC/C=C\C/C=C\CCCCC. The van der Waals surface area contributed by atoms with Gasteiger partial charge in [-0.2, -0.15) is 0 Å². The van der Waals surface area contributed by atoms with Gasteiger partial charge in [-0.15, -0.1) is 0 Å². The van der Waals surface area contributed by atoms with Crippen LogP contribution >= 0.6 is 7.82 Å². The number of nitrogens with one attached hydrogen (secondary N) is 1. The van der Waals surface area contributed by atoms with Crippen molar-refractivity contribution in [3.63, 3.8) is 0 Å². The van der Waals surface area contributed by atoms with Gasteiger partial charge in [0.15, 0.2) is 0 Å². The molecule has 0 heterocycles. The van der Waals surface area contributed by atoms with Crippen LogP contribution in [0, 0.1) is 0 Å². The second-order valence-corrected chi connectivity index (χ2v) is 25.1. The van der Waals surface area contributed by atoms with Crippen molar-refractivity contribution in [3.8, 4) is 0 Å². The van der Waals surface area contributed by atoms with Gasteiger partial charge in [0.25, 0.3) is 0 Å². The second kappa shape index (κ2) is 58.6. The van der Waals surface area contributed by atoms with Gasteiger partial charge in [0, 0.05) is 12.8 Å². The second-order valence-electron chi connectivity index (χ2n) is 23.6. The highest BCUT2D eigenvalue weighted by molar-refractivity contribution is 7.47. The molecule has 10 heteroatoms. The molecule has 0 spiro atoms. The van der Waals surface area contributed by atoms with Crippen molar-refractivity contribution in [2.75, 3.05) is 40.9 Å². The number of esters is 1. The highest BCUT2D eigenvalue weighted by Gasteiger charge is 2.30. The van der Waals surface area contributed by atoms with E-state index in [4.69, 9.17) is 13.8 Å². The molecular formula is C69H128N2O7P+. The van der Waals surface area contributed by atoms with Gasteiger partial charge in [-0.3, -0.25) is 18.6 Å². The number of rotatable bonds is 60. The van der Waals surface area contributed by atoms with E-state index in [1.165, 1.54) is 180 Å². The molecule has 0 aromatic carbocycles. The number of quaternary nitrogens is 1. The van der Waals surface area contributed by atoms with E-state index in [9.17, 15) is 19.0 Å². The van der Waals surface area contributed by atoms with Gasteiger partial charge in [-0.05, 0) is 102 Å². The number of likely N-dealkylation sites (N-methyl/N-ethyl adjacent to an activating group) is 1. The molecule has 0 saturated carbocycles. The average molecular weight is 1130 g/mol. The number of phosphoric ester groups is 1. The third-order valence-corrected chi connectivity index (χ3v) is 15.6. The van der Waals surface area contributed by atoms with Crippen LogP contribution in [0.1, 0.15) is 303 Å². The van der Waals surface area contributed by atoms with E-state index in [0.717, 1.165) is 83.5 Å². The maximum Gasteiger partial charge on any atom is 0.472 e. The van der Waals surface area contributed by atoms with Gasteiger partial charge >= 0.3 is 13.8 Å². The van der Waals surface area contributed by atoms with Gasteiger partial charge in [0.2, 0.25) is 5.91 Å². The normalized spacial score (nSPS) is 14.1. The fourth-order valence-electron chi connectivity index (χ4n) is 9.45. The molecule has 0 aliphatic heterocycles. The van der Waals surface area contributed by atoms with Crippen LogP contribution in [0.4, 0.5) is 0 Å². The molecule has 0 fully saturated rings. The van der Waals surface area contributed by atoms with Crippen LogP contribution in [-0.2, 0) is 27.9 Å². The number of nitrogens with zero attached hydrogens (tertiary/aromatic N) is 1. The predicted octanol–water partition coefficient (Wildman–Crippen LogP) is 20.8. The molecule has 0 aromatic rings. The number of ether oxygens (including phenoxy) is 1. The Kier molecular flexibility index (Phi) is 56.7. The van der Waals surface area contributed by atoms with E-state index in [0.29, 0.717) is 23.9 Å². The van der Waals surface area contributed by atoms with Gasteiger partial charge in [0.05, 0.1) is 33.8 Å². The molecule has 460 valence electrons. The largest absolute Gasteiger partial charge is 0.472 e. The molecule has 79 heavy (non-hydrogen) atoms. The molecule has 2 N–H and O–H groups in total. The van der Waals surface area contributed by atoms with Gasteiger partial charge in [0.1, 0.15) is 19.3 Å². The molecule has 0 rings (SSSR count). The summed E-state index contributed by atoms with van der Waals surface area (Å²) in [5.74, 6) is -0.525. The molecular weight excluding hydrogens is 1000 g/mol. The molecule has 0 aromatic heterocycles. The lowest BCUT2D eigenvalue weighted by Crippen LogP contribution is -2.47. The number of amides is 1. The Hall–Kier alpha value is -2.55.